The summed E-state index contributed by atoms with van der Waals surface area (Å²) in [7, 11) is 1.77. The van der Waals surface area contributed by atoms with E-state index in [-0.39, 0.29) is 11.7 Å². The highest BCUT2D eigenvalue weighted by Gasteiger charge is 2.22. The van der Waals surface area contributed by atoms with Crippen molar-refractivity contribution in [3.8, 4) is 11.3 Å². The summed E-state index contributed by atoms with van der Waals surface area (Å²) in [6.07, 6.45) is 1.99. The summed E-state index contributed by atoms with van der Waals surface area (Å²) in [6.45, 7) is 1.92. The maximum atomic E-state index is 12.6. The molecule has 2 aromatic heterocycles. The third-order valence-electron chi connectivity index (χ3n) is 4.68. The number of piperidine rings is 1. The molecule has 0 radical (unpaired) electrons. The largest absolute Gasteiger partial charge is 0.451 e. The molecule has 1 fully saturated rings. The van der Waals surface area contributed by atoms with Crippen LogP contribution < -0.4 is 10.6 Å². The second kappa shape index (κ2) is 7.54. The van der Waals surface area contributed by atoms with Gasteiger partial charge in [-0.2, -0.15) is 10.1 Å². The Labute approximate surface area is 161 Å². The number of carbonyl (C=O) groups excluding carboxylic acids is 1. The minimum absolute atomic E-state index is 0.191. The summed E-state index contributed by atoms with van der Waals surface area (Å²) in [6, 6.07) is 10.7. The lowest BCUT2D eigenvalue weighted by atomic mass is 9.98. The Morgan fingerprint density at radius 2 is 2.04 bits per heavy atom. The molecule has 3 aromatic rings. The van der Waals surface area contributed by atoms with Crippen LogP contribution in [0, 0.1) is 0 Å². The Hall–Kier alpha value is -2.64. The first-order valence-corrected chi connectivity index (χ1v) is 9.27. The third kappa shape index (κ3) is 3.74. The van der Waals surface area contributed by atoms with Gasteiger partial charge in [0.15, 0.2) is 11.6 Å². The Morgan fingerprint density at radius 3 is 2.81 bits per heavy atom. The number of anilines is 1. The first-order chi connectivity index (χ1) is 13.1. The van der Waals surface area contributed by atoms with E-state index >= 15 is 0 Å². The summed E-state index contributed by atoms with van der Waals surface area (Å²) in [5.74, 6) is 1.85. The molecule has 7 nitrogen and oxygen atoms in total. The smallest absolute Gasteiger partial charge is 0.293 e. The molecule has 0 aliphatic carbocycles. The van der Waals surface area contributed by atoms with E-state index in [0.29, 0.717) is 22.6 Å². The molecule has 4 rings (SSSR count). The van der Waals surface area contributed by atoms with Crippen molar-refractivity contribution in [2.45, 2.75) is 18.8 Å². The predicted molar refractivity (Wildman–Crippen MR) is 103 cm³/mol. The van der Waals surface area contributed by atoms with E-state index in [1.54, 1.807) is 29.9 Å². The molecule has 1 amide bonds. The molecule has 0 unspecified atom stereocenters. The molecule has 1 aromatic carbocycles. The lowest BCUT2D eigenvalue weighted by Gasteiger charge is -2.19. The fraction of sp³-hybridized carbons (Fsp3) is 0.316. The molecule has 8 heteroatoms. The molecular weight excluding hydrogens is 366 g/mol. The van der Waals surface area contributed by atoms with Crippen LogP contribution in [-0.2, 0) is 7.05 Å². The fourth-order valence-electron chi connectivity index (χ4n) is 3.20. The molecular formula is C19H20ClN5O2. The van der Waals surface area contributed by atoms with Crippen LogP contribution in [0.5, 0.6) is 0 Å². The lowest BCUT2D eigenvalue weighted by Crippen LogP contribution is -2.27. The zero-order valence-electron chi connectivity index (χ0n) is 14.9. The maximum absolute atomic E-state index is 12.6. The van der Waals surface area contributed by atoms with Gasteiger partial charge in [-0.25, -0.2) is 4.68 Å². The van der Waals surface area contributed by atoms with Crippen LogP contribution in [0.4, 0.5) is 5.95 Å². The third-order valence-corrected chi connectivity index (χ3v) is 5.01. The standard InChI is InChI=1S/C19H20ClN5O2/c1-25-19(22-17(24-25)12-8-10-21-11-9-12)23-18(26)16-7-6-15(27-16)13-4-2-3-5-14(13)20/h2-7,12,21H,8-11H2,1H3,(H,22,23,24,26). The van der Waals surface area contributed by atoms with Crippen molar-refractivity contribution in [1.29, 1.82) is 0 Å². The number of benzene rings is 1. The van der Waals surface area contributed by atoms with Crippen LogP contribution in [0.2, 0.25) is 5.02 Å². The van der Waals surface area contributed by atoms with Gasteiger partial charge in [-0.3, -0.25) is 10.1 Å². The van der Waals surface area contributed by atoms with Crippen molar-refractivity contribution >= 4 is 23.5 Å². The molecule has 0 spiro atoms. The molecule has 0 bridgehead atoms. The monoisotopic (exact) mass is 385 g/mol. The fourth-order valence-corrected chi connectivity index (χ4v) is 3.42. The molecule has 0 atom stereocenters. The summed E-state index contributed by atoms with van der Waals surface area (Å²) in [5.41, 5.74) is 0.741. The van der Waals surface area contributed by atoms with Gasteiger partial charge < -0.3 is 9.73 Å². The molecule has 1 aliphatic heterocycles. The van der Waals surface area contributed by atoms with Gasteiger partial charge in [0.2, 0.25) is 5.95 Å². The number of aryl methyl sites for hydroxylation is 1. The van der Waals surface area contributed by atoms with Gasteiger partial charge >= 0.3 is 0 Å². The normalized spacial score (nSPS) is 15.0. The average Bonchev–Trinajstić information content (AvgIpc) is 3.30. The number of rotatable bonds is 4. The minimum Gasteiger partial charge on any atom is -0.451 e. The highest BCUT2D eigenvalue weighted by Crippen LogP contribution is 2.29. The van der Waals surface area contributed by atoms with E-state index in [4.69, 9.17) is 16.0 Å². The van der Waals surface area contributed by atoms with E-state index in [0.717, 1.165) is 37.3 Å². The van der Waals surface area contributed by atoms with E-state index in [1.807, 2.05) is 18.2 Å². The first kappa shape index (κ1) is 17.8. The number of hydrogen-bond acceptors (Lipinski definition) is 5. The quantitative estimate of drug-likeness (QED) is 0.718. The van der Waals surface area contributed by atoms with Gasteiger partial charge in [-0.1, -0.05) is 23.7 Å². The summed E-state index contributed by atoms with van der Waals surface area (Å²) >= 11 is 6.19. The number of nitrogens with one attached hydrogen (secondary N) is 2. The van der Waals surface area contributed by atoms with E-state index in [2.05, 4.69) is 20.7 Å². The number of furan rings is 1. The van der Waals surface area contributed by atoms with Gasteiger partial charge in [-0.15, -0.1) is 0 Å². The second-order valence-corrected chi connectivity index (χ2v) is 6.95. The molecule has 140 valence electrons. The molecule has 1 saturated heterocycles. The lowest BCUT2D eigenvalue weighted by molar-refractivity contribution is 0.0996. The highest BCUT2D eigenvalue weighted by atomic mass is 35.5. The van der Waals surface area contributed by atoms with Gasteiger partial charge in [-0.05, 0) is 50.2 Å². The Morgan fingerprint density at radius 1 is 1.26 bits per heavy atom. The SMILES string of the molecule is Cn1nc(C2CCNCC2)nc1NC(=O)c1ccc(-c2ccccc2Cl)o1. The predicted octanol–water partition coefficient (Wildman–Crippen LogP) is 3.45. The maximum Gasteiger partial charge on any atom is 0.293 e. The van der Waals surface area contributed by atoms with Crippen LogP contribution in [-0.4, -0.2) is 33.8 Å². The van der Waals surface area contributed by atoms with Crippen molar-refractivity contribution in [2.24, 2.45) is 7.05 Å². The van der Waals surface area contributed by atoms with Gasteiger partial charge in [0.25, 0.3) is 5.91 Å². The highest BCUT2D eigenvalue weighted by molar-refractivity contribution is 6.33. The van der Waals surface area contributed by atoms with Crippen molar-refractivity contribution in [2.75, 3.05) is 18.4 Å². The average molecular weight is 386 g/mol. The van der Waals surface area contributed by atoms with Gasteiger partial charge in [0, 0.05) is 18.5 Å². The van der Waals surface area contributed by atoms with Crippen LogP contribution in [0.15, 0.2) is 40.8 Å². The first-order valence-electron chi connectivity index (χ1n) is 8.89. The van der Waals surface area contributed by atoms with Crippen molar-refractivity contribution < 1.29 is 9.21 Å². The molecule has 0 saturated carbocycles. The molecule has 2 N–H and O–H groups in total. The van der Waals surface area contributed by atoms with E-state index in [1.165, 1.54) is 0 Å². The van der Waals surface area contributed by atoms with Crippen LogP contribution >= 0.6 is 11.6 Å². The Kier molecular flexibility index (Phi) is 4.96. The number of hydrogen-bond donors (Lipinski definition) is 2. The Balaban J connectivity index is 1.50. The molecule has 27 heavy (non-hydrogen) atoms. The number of halogens is 1. The van der Waals surface area contributed by atoms with Crippen molar-refractivity contribution in [1.82, 2.24) is 20.1 Å². The van der Waals surface area contributed by atoms with Crippen molar-refractivity contribution in [3.05, 3.63) is 53.0 Å². The van der Waals surface area contributed by atoms with Crippen molar-refractivity contribution in [3.63, 3.8) is 0 Å². The Bertz CT molecular complexity index is 959. The zero-order valence-corrected chi connectivity index (χ0v) is 15.7. The van der Waals surface area contributed by atoms with Gasteiger partial charge in [0.1, 0.15) is 5.76 Å². The summed E-state index contributed by atoms with van der Waals surface area (Å²) in [4.78, 5) is 17.1. The number of aromatic nitrogens is 3. The van der Waals surface area contributed by atoms with Crippen LogP contribution in [0.3, 0.4) is 0 Å². The van der Waals surface area contributed by atoms with Crippen LogP contribution in [0.25, 0.3) is 11.3 Å². The zero-order chi connectivity index (χ0) is 18.8. The van der Waals surface area contributed by atoms with Gasteiger partial charge in [0.05, 0.1) is 5.02 Å². The van der Waals surface area contributed by atoms with Crippen LogP contribution in [0.1, 0.15) is 35.1 Å². The number of amides is 1. The summed E-state index contributed by atoms with van der Waals surface area (Å²) < 4.78 is 7.28. The molecule has 3 heterocycles. The molecule has 1 aliphatic rings. The number of nitrogens with zero attached hydrogens (tertiary/aromatic N) is 3. The summed E-state index contributed by atoms with van der Waals surface area (Å²) in [5, 5.41) is 11.1. The number of carbonyl (C=O) groups is 1. The minimum atomic E-state index is -0.374. The van der Waals surface area contributed by atoms with E-state index < -0.39 is 0 Å². The second-order valence-electron chi connectivity index (χ2n) is 6.54. The van der Waals surface area contributed by atoms with E-state index in [9.17, 15) is 4.79 Å². The topological polar surface area (TPSA) is 85.0 Å².